The molecule has 1 unspecified atom stereocenters. The molecule has 0 aliphatic carbocycles. The van der Waals surface area contributed by atoms with Gasteiger partial charge in [0.1, 0.15) is 0 Å². The zero-order valence-corrected chi connectivity index (χ0v) is 11.8. The van der Waals surface area contributed by atoms with Crippen LogP contribution in [0.3, 0.4) is 0 Å². The van der Waals surface area contributed by atoms with Gasteiger partial charge in [0.2, 0.25) is 0 Å². The number of nitrogens with two attached hydrogens (primary N) is 1. The number of hydrogen-bond acceptors (Lipinski definition) is 5. The van der Waals surface area contributed by atoms with Crippen molar-refractivity contribution in [3.63, 3.8) is 0 Å². The van der Waals surface area contributed by atoms with Crippen LogP contribution in [0.1, 0.15) is 19.3 Å². The number of amidine groups is 1. The monoisotopic (exact) mass is 273 g/mol. The molecule has 2 aliphatic rings. The van der Waals surface area contributed by atoms with Crippen molar-refractivity contribution in [2.24, 2.45) is 16.8 Å². The highest BCUT2D eigenvalue weighted by molar-refractivity contribution is 8.00. The first-order chi connectivity index (χ1) is 8.70. The normalized spacial score (nSPS) is 29.6. The van der Waals surface area contributed by atoms with Crippen molar-refractivity contribution in [2.75, 3.05) is 39.1 Å². The van der Waals surface area contributed by atoms with Crippen molar-refractivity contribution in [1.29, 1.82) is 0 Å². The molecule has 2 rings (SSSR count). The van der Waals surface area contributed by atoms with Crippen LogP contribution in [-0.4, -0.2) is 59.8 Å². The smallest absolute Gasteiger partial charge is 0.155 e. The number of thioether (sulfide) groups is 1. The molecule has 3 N–H and O–H groups in total. The SMILES string of the molecule is CSC1(C(N)=NO)CCN(CC2CCOC2)CC1. The van der Waals surface area contributed by atoms with Crippen molar-refractivity contribution in [3.05, 3.63) is 0 Å². The molecule has 0 aromatic carbocycles. The molecule has 0 radical (unpaired) electrons. The van der Waals surface area contributed by atoms with Crippen LogP contribution in [0.4, 0.5) is 0 Å². The first-order valence-corrected chi connectivity index (χ1v) is 7.76. The number of hydrogen-bond donors (Lipinski definition) is 2. The van der Waals surface area contributed by atoms with E-state index >= 15 is 0 Å². The molecule has 2 saturated heterocycles. The first-order valence-electron chi connectivity index (χ1n) is 6.53. The molecular formula is C12H23N3O2S. The van der Waals surface area contributed by atoms with Crippen LogP contribution >= 0.6 is 11.8 Å². The number of nitrogens with zero attached hydrogens (tertiary/aromatic N) is 2. The van der Waals surface area contributed by atoms with Gasteiger partial charge in [-0.05, 0) is 44.5 Å². The summed E-state index contributed by atoms with van der Waals surface area (Å²) < 4.78 is 5.24. The molecule has 6 heteroatoms. The zero-order valence-electron chi connectivity index (χ0n) is 11.0. The van der Waals surface area contributed by atoms with E-state index in [0.717, 1.165) is 45.7 Å². The van der Waals surface area contributed by atoms with E-state index in [0.29, 0.717) is 11.8 Å². The molecule has 2 aliphatic heterocycles. The fourth-order valence-corrected chi connectivity index (χ4v) is 3.69. The second-order valence-electron chi connectivity index (χ2n) is 5.21. The number of rotatable bonds is 4. The van der Waals surface area contributed by atoms with E-state index in [1.165, 1.54) is 6.42 Å². The quantitative estimate of drug-likeness (QED) is 0.346. The van der Waals surface area contributed by atoms with E-state index in [4.69, 9.17) is 15.7 Å². The Morgan fingerprint density at radius 2 is 2.28 bits per heavy atom. The Morgan fingerprint density at radius 3 is 2.78 bits per heavy atom. The Hall–Kier alpha value is -0.460. The minimum Gasteiger partial charge on any atom is -0.409 e. The van der Waals surface area contributed by atoms with Gasteiger partial charge in [-0.2, -0.15) is 11.8 Å². The third-order valence-electron chi connectivity index (χ3n) is 4.17. The fourth-order valence-electron chi connectivity index (χ4n) is 2.85. The molecule has 18 heavy (non-hydrogen) atoms. The van der Waals surface area contributed by atoms with E-state index in [9.17, 15) is 0 Å². The molecule has 1 atom stereocenters. The van der Waals surface area contributed by atoms with E-state index in [-0.39, 0.29) is 4.75 Å². The van der Waals surface area contributed by atoms with Gasteiger partial charge >= 0.3 is 0 Å². The maximum atomic E-state index is 8.90. The van der Waals surface area contributed by atoms with Gasteiger partial charge in [-0.1, -0.05) is 5.16 Å². The van der Waals surface area contributed by atoms with Gasteiger partial charge in [-0.15, -0.1) is 0 Å². The van der Waals surface area contributed by atoms with Crippen molar-refractivity contribution in [1.82, 2.24) is 4.90 Å². The molecule has 104 valence electrons. The molecule has 0 spiro atoms. The van der Waals surface area contributed by atoms with Crippen LogP contribution < -0.4 is 5.73 Å². The minimum atomic E-state index is -0.169. The molecule has 5 nitrogen and oxygen atoms in total. The summed E-state index contributed by atoms with van der Waals surface area (Å²) >= 11 is 1.70. The van der Waals surface area contributed by atoms with Crippen molar-refractivity contribution in [2.45, 2.75) is 24.0 Å². The van der Waals surface area contributed by atoms with Crippen molar-refractivity contribution >= 4 is 17.6 Å². The highest BCUT2D eigenvalue weighted by atomic mass is 32.2. The number of piperidine rings is 1. The summed E-state index contributed by atoms with van der Waals surface area (Å²) in [5.41, 5.74) is 5.84. The van der Waals surface area contributed by atoms with Gasteiger partial charge in [0.15, 0.2) is 5.84 Å². The Labute approximate surface area is 113 Å². The van der Waals surface area contributed by atoms with E-state index < -0.39 is 0 Å². The Balaban J connectivity index is 1.86. The van der Waals surface area contributed by atoms with Crippen molar-refractivity contribution in [3.8, 4) is 0 Å². The molecule has 2 fully saturated rings. The molecule has 0 bridgehead atoms. The summed E-state index contributed by atoms with van der Waals surface area (Å²) in [5.74, 6) is 1.06. The van der Waals surface area contributed by atoms with E-state index in [1.54, 1.807) is 11.8 Å². The molecule has 0 aromatic rings. The van der Waals surface area contributed by atoms with Crippen LogP contribution in [-0.2, 0) is 4.74 Å². The third-order valence-corrected chi connectivity index (χ3v) is 5.57. The number of oxime groups is 1. The van der Waals surface area contributed by atoms with Gasteiger partial charge in [0.05, 0.1) is 11.4 Å². The summed E-state index contributed by atoms with van der Waals surface area (Å²) in [5, 5.41) is 12.1. The highest BCUT2D eigenvalue weighted by Crippen LogP contribution is 2.35. The fraction of sp³-hybridized carbons (Fsp3) is 0.917. The highest BCUT2D eigenvalue weighted by Gasteiger charge is 2.38. The lowest BCUT2D eigenvalue weighted by Gasteiger charge is -2.40. The van der Waals surface area contributed by atoms with Crippen LogP contribution in [0, 0.1) is 5.92 Å². The van der Waals surface area contributed by atoms with E-state index in [2.05, 4.69) is 10.1 Å². The maximum absolute atomic E-state index is 8.90. The summed E-state index contributed by atoms with van der Waals surface area (Å²) in [4.78, 5) is 2.48. The van der Waals surface area contributed by atoms with Gasteiger partial charge in [-0.3, -0.25) is 0 Å². The predicted molar refractivity (Wildman–Crippen MR) is 74.3 cm³/mol. The zero-order chi connectivity index (χ0) is 13.0. The summed E-state index contributed by atoms with van der Waals surface area (Å²) in [6.45, 7) is 4.99. The molecule has 2 heterocycles. The van der Waals surface area contributed by atoms with Crippen LogP contribution in [0.15, 0.2) is 5.16 Å². The molecule has 0 saturated carbocycles. The van der Waals surface area contributed by atoms with Crippen LogP contribution in [0.25, 0.3) is 0 Å². The summed E-state index contributed by atoms with van der Waals surface area (Å²) in [6.07, 6.45) is 5.14. The second kappa shape index (κ2) is 6.12. The lowest BCUT2D eigenvalue weighted by atomic mass is 9.93. The second-order valence-corrected chi connectivity index (χ2v) is 6.40. The Bertz CT molecular complexity index is 298. The molecule has 0 aromatic heterocycles. The third kappa shape index (κ3) is 2.92. The Kier molecular flexibility index (Phi) is 4.75. The maximum Gasteiger partial charge on any atom is 0.155 e. The molecule has 0 amide bonds. The average Bonchev–Trinajstić information content (AvgIpc) is 2.92. The number of ether oxygens (including phenoxy) is 1. The largest absolute Gasteiger partial charge is 0.409 e. The van der Waals surface area contributed by atoms with Gasteiger partial charge in [0, 0.05) is 13.2 Å². The summed E-state index contributed by atoms with van der Waals surface area (Å²) in [7, 11) is 0. The number of likely N-dealkylation sites (tertiary alicyclic amines) is 1. The standard InChI is InChI=1S/C12H23N3O2S/c1-18-12(11(13)14-16)3-5-15(6-4-12)8-10-2-7-17-9-10/h10,16H,2-9H2,1H3,(H2,13,14). The van der Waals surface area contributed by atoms with Gasteiger partial charge in [0.25, 0.3) is 0 Å². The molecular weight excluding hydrogens is 250 g/mol. The van der Waals surface area contributed by atoms with Crippen LogP contribution in [0.5, 0.6) is 0 Å². The van der Waals surface area contributed by atoms with Gasteiger partial charge < -0.3 is 20.6 Å². The summed E-state index contributed by atoms with van der Waals surface area (Å²) in [6, 6.07) is 0. The van der Waals surface area contributed by atoms with Crippen molar-refractivity contribution < 1.29 is 9.94 Å². The topological polar surface area (TPSA) is 71.1 Å². The Morgan fingerprint density at radius 1 is 1.56 bits per heavy atom. The first kappa shape index (κ1) is 14.0. The average molecular weight is 273 g/mol. The predicted octanol–water partition coefficient (Wildman–Crippen LogP) is 0.967. The lowest BCUT2D eigenvalue weighted by Crippen LogP contribution is -2.50. The van der Waals surface area contributed by atoms with Crippen LogP contribution in [0.2, 0.25) is 0 Å². The lowest BCUT2D eigenvalue weighted by molar-refractivity contribution is 0.154. The van der Waals surface area contributed by atoms with E-state index in [1.807, 2.05) is 6.26 Å². The van der Waals surface area contributed by atoms with Gasteiger partial charge in [-0.25, -0.2) is 0 Å². The minimum absolute atomic E-state index is 0.169.